The number of Topliss-reactive ketones (excluding diaryl/α,β-unsaturated/α-hetero) is 1. The molecule has 1 fully saturated rings. The molecule has 1 aliphatic rings. The molecule has 2 aromatic rings. The molecular formula is C16H18BrClN3O3+. The quantitative estimate of drug-likeness (QED) is 0.775. The smallest absolute Gasteiger partial charge is 0.261 e. The van der Waals surface area contributed by atoms with Crippen LogP contribution in [0.4, 0.5) is 0 Å². The Morgan fingerprint density at radius 3 is 3.04 bits per heavy atom. The van der Waals surface area contributed by atoms with Crippen molar-refractivity contribution in [1.29, 1.82) is 0 Å². The van der Waals surface area contributed by atoms with Crippen LogP contribution in [0.5, 0.6) is 0 Å². The number of fused-ring (bicyclic) bond motifs is 1. The number of nitrogens with zero attached hydrogens (tertiary/aromatic N) is 2. The van der Waals surface area contributed by atoms with Crippen molar-refractivity contribution in [3.8, 4) is 0 Å². The van der Waals surface area contributed by atoms with Gasteiger partial charge in [-0.3, -0.25) is 14.2 Å². The third-order valence-electron chi connectivity index (χ3n) is 4.34. The highest BCUT2D eigenvalue weighted by atomic mass is 79.9. The van der Waals surface area contributed by atoms with E-state index in [4.69, 9.17) is 11.6 Å². The predicted molar refractivity (Wildman–Crippen MR) is 94.2 cm³/mol. The van der Waals surface area contributed by atoms with Gasteiger partial charge in [0.15, 0.2) is 5.78 Å². The van der Waals surface area contributed by atoms with Crippen LogP contribution in [0.15, 0.2) is 27.7 Å². The van der Waals surface area contributed by atoms with Crippen molar-refractivity contribution in [1.82, 2.24) is 9.55 Å². The minimum atomic E-state index is -0.467. The monoisotopic (exact) mass is 414 g/mol. The molecule has 0 unspecified atom stereocenters. The molecule has 3 N–H and O–H groups in total. The van der Waals surface area contributed by atoms with Gasteiger partial charge in [0.05, 0.1) is 41.8 Å². The lowest BCUT2D eigenvalue weighted by molar-refractivity contribution is -0.704. The van der Waals surface area contributed by atoms with Gasteiger partial charge in [-0.05, 0) is 40.9 Å². The molecular weight excluding hydrogens is 398 g/mol. The second kappa shape index (κ2) is 7.31. The Morgan fingerprint density at radius 2 is 2.29 bits per heavy atom. The predicted octanol–water partition coefficient (Wildman–Crippen LogP) is 0.858. The number of hydrogen-bond donors (Lipinski definition) is 2. The fourth-order valence-corrected chi connectivity index (χ4v) is 3.53. The van der Waals surface area contributed by atoms with Crippen LogP contribution < -0.4 is 10.9 Å². The second-order valence-electron chi connectivity index (χ2n) is 6.10. The number of nitrogens with two attached hydrogens (primary N) is 1. The zero-order valence-electron chi connectivity index (χ0n) is 12.9. The molecule has 2 heterocycles. The van der Waals surface area contributed by atoms with Gasteiger partial charge in [-0.2, -0.15) is 0 Å². The number of carbonyl (C=O) groups excluding carboxylic acids is 1. The number of aromatic nitrogens is 2. The number of halogens is 2. The Hall–Kier alpha value is -1.28. The highest BCUT2D eigenvalue weighted by Gasteiger charge is 2.28. The molecule has 0 bridgehead atoms. The van der Waals surface area contributed by atoms with E-state index in [2.05, 4.69) is 20.9 Å². The maximum Gasteiger partial charge on any atom is 0.261 e. The zero-order valence-corrected chi connectivity index (χ0v) is 15.3. The zero-order chi connectivity index (χ0) is 17.3. The first-order valence-electron chi connectivity index (χ1n) is 7.83. The van der Waals surface area contributed by atoms with Gasteiger partial charge in [0.25, 0.3) is 5.56 Å². The summed E-state index contributed by atoms with van der Waals surface area (Å²) in [5.74, 6) is -0.0938. The molecule has 8 heteroatoms. The van der Waals surface area contributed by atoms with Gasteiger partial charge in [-0.1, -0.05) is 11.6 Å². The molecule has 0 aliphatic carbocycles. The first-order chi connectivity index (χ1) is 11.5. The van der Waals surface area contributed by atoms with E-state index in [1.807, 2.05) is 5.32 Å². The SMILES string of the molecule is O=C(C[C@@H]1[NH2+]CCC[C@H]1O)Cn1cnc2cc(Br)c(Cl)cc2c1=O. The van der Waals surface area contributed by atoms with Crippen molar-refractivity contribution in [2.24, 2.45) is 0 Å². The number of aliphatic hydroxyl groups excluding tert-OH is 1. The molecule has 0 spiro atoms. The van der Waals surface area contributed by atoms with Crippen LogP contribution in [-0.2, 0) is 11.3 Å². The summed E-state index contributed by atoms with van der Waals surface area (Å²) in [6.45, 7) is 0.867. The highest BCUT2D eigenvalue weighted by molar-refractivity contribution is 9.10. The summed E-state index contributed by atoms with van der Waals surface area (Å²) in [6.07, 6.45) is 2.83. The van der Waals surface area contributed by atoms with E-state index < -0.39 is 6.10 Å². The molecule has 24 heavy (non-hydrogen) atoms. The lowest BCUT2D eigenvalue weighted by atomic mass is 9.97. The third kappa shape index (κ3) is 3.69. The van der Waals surface area contributed by atoms with Gasteiger partial charge in [0.1, 0.15) is 12.1 Å². The van der Waals surface area contributed by atoms with Crippen LogP contribution in [0, 0.1) is 0 Å². The molecule has 1 aromatic heterocycles. The Balaban J connectivity index is 1.79. The maximum atomic E-state index is 12.5. The van der Waals surface area contributed by atoms with Crippen LogP contribution in [-0.4, -0.2) is 39.1 Å². The number of rotatable bonds is 4. The van der Waals surface area contributed by atoms with Crippen LogP contribution in [0.25, 0.3) is 10.9 Å². The minimum Gasteiger partial charge on any atom is -0.387 e. The first-order valence-corrected chi connectivity index (χ1v) is 9.00. The highest BCUT2D eigenvalue weighted by Crippen LogP contribution is 2.25. The van der Waals surface area contributed by atoms with E-state index in [0.29, 0.717) is 20.4 Å². The van der Waals surface area contributed by atoms with E-state index in [1.165, 1.54) is 10.9 Å². The van der Waals surface area contributed by atoms with E-state index in [1.54, 1.807) is 12.1 Å². The number of ketones is 1. The molecule has 1 aliphatic heterocycles. The van der Waals surface area contributed by atoms with Crippen LogP contribution >= 0.6 is 27.5 Å². The van der Waals surface area contributed by atoms with E-state index in [-0.39, 0.29) is 30.3 Å². The summed E-state index contributed by atoms with van der Waals surface area (Å²) in [5.41, 5.74) is 0.229. The van der Waals surface area contributed by atoms with Gasteiger partial charge >= 0.3 is 0 Å². The molecule has 0 radical (unpaired) electrons. The number of piperidine rings is 1. The standard InChI is InChI=1S/C16H17BrClN3O3/c17-11-6-13-10(5-12(11)18)16(24)21(8-20-13)7-9(22)4-14-15(23)2-1-3-19-14/h5-6,8,14-15,19,23H,1-4,7H2/p+1/t14-,15+/m0/s1. The Labute approximate surface area is 152 Å². The van der Waals surface area contributed by atoms with Gasteiger partial charge < -0.3 is 10.4 Å². The number of hydrogen-bond acceptors (Lipinski definition) is 4. The largest absolute Gasteiger partial charge is 0.387 e. The normalized spacial score (nSPS) is 21.1. The van der Waals surface area contributed by atoms with Crippen molar-refractivity contribution in [2.45, 2.75) is 38.0 Å². The Bertz CT molecular complexity index is 839. The lowest BCUT2D eigenvalue weighted by Gasteiger charge is -2.25. The van der Waals surface area contributed by atoms with Gasteiger partial charge in [0.2, 0.25) is 0 Å². The van der Waals surface area contributed by atoms with Crippen molar-refractivity contribution in [3.05, 3.63) is 38.3 Å². The van der Waals surface area contributed by atoms with E-state index >= 15 is 0 Å². The summed E-state index contributed by atoms with van der Waals surface area (Å²) in [4.78, 5) is 29.0. The Kier molecular flexibility index (Phi) is 5.34. The molecule has 1 aromatic carbocycles. The average Bonchev–Trinajstić information content (AvgIpc) is 2.54. The van der Waals surface area contributed by atoms with Crippen molar-refractivity contribution < 1.29 is 15.2 Å². The lowest BCUT2D eigenvalue weighted by Crippen LogP contribution is -2.94. The van der Waals surface area contributed by atoms with Gasteiger partial charge in [-0.15, -0.1) is 0 Å². The van der Waals surface area contributed by atoms with Gasteiger partial charge in [0, 0.05) is 4.47 Å². The molecule has 3 rings (SSSR count). The first kappa shape index (κ1) is 17.5. The summed E-state index contributed by atoms with van der Waals surface area (Å²) in [7, 11) is 0. The fraction of sp³-hybridized carbons (Fsp3) is 0.438. The second-order valence-corrected chi connectivity index (χ2v) is 7.36. The summed E-state index contributed by atoms with van der Waals surface area (Å²) in [5, 5.41) is 12.8. The molecule has 128 valence electrons. The molecule has 2 atom stereocenters. The van der Waals surface area contributed by atoms with Crippen LogP contribution in [0.3, 0.4) is 0 Å². The van der Waals surface area contributed by atoms with Crippen LogP contribution in [0.2, 0.25) is 5.02 Å². The summed E-state index contributed by atoms with van der Waals surface area (Å²) in [6, 6.07) is 3.11. The van der Waals surface area contributed by atoms with Gasteiger partial charge in [-0.25, -0.2) is 4.98 Å². The molecule has 6 nitrogen and oxygen atoms in total. The molecule has 1 saturated heterocycles. The molecule has 0 amide bonds. The topological polar surface area (TPSA) is 88.8 Å². The molecule has 0 saturated carbocycles. The number of aliphatic hydroxyl groups is 1. The summed E-state index contributed by atoms with van der Waals surface area (Å²) < 4.78 is 1.96. The van der Waals surface area contributed by atoms with Crippen molar-refractivity contribution in [2.75, 3.05) is 6.54 Å². The third-order valence-corrected chi connectivity index (χ3v) is 5.54. The summed E-state index contributed by atoms with van der Waals surface area (Å²) >= 11 is 9.34. The van der Waals surface area contributed by atoms with E-state index in [0.717, 1.165) is 19.4 Å². The minimum absolute atomic E-state index is 0.0491. The van der Waals surface area contributed by atoms with Crippen molar-refractivity contribution in [3.63, 3.8) is 0 Å². The fourth-order valence-electron chi connectivity index (χ4n) is 3.03. The van der Waals surface area contributed by atoms with E-state index in [9.17, 15) is 14.7 Å². The number of benzene rings is 1. The average molecular weight is 416 g/mol. The Morgan fingerprint density at radius 1 is 1.50 bits per heavy atom. The maximum absolute atomic E-state index is 12.5. The number of quaternary nitrogens is 1. The van der Waals surface area contributed by atoms with Crippen LogP contribution in [0.1, 0.15) is 19.3 Å². The van der Waals surface area contributed by atoms with Crippen molar-refractivity contribution >= 4 is 44.2 Å². The number of carbonyl (C=O) groups is 1.